The number of nitrogens with zero attached hydrogens (tertiary/aromatic N) is 1. The number of nitrogens with one attached hydrogen (secondary N) is 1. The van der Waals surface area contributed by atoms with Crippen molar-refractivity contribution in [1.29, 1.82) is 0 Å². The van der Waals surface area contributed by atoms with Crippen LogP contribution in [0.1, 0.15) is 50.5 Å². The zero-order valence-corrected chi connectivity index (χ0v) is 12.1. The molecule has 0 aromatic heterocycles. The molecule has 20 heavy (non-hydrogen) atoms. The topological polar surface area (TPSA) is 32.3 Å². The predicted octanol–water partition coefficient (Wildman–Crippen LogP) is 3.65. The summed E-state index contributed by atoms with van der Waals surface area (Å²) in [6, 6.07) is 10.6. The lowest BCUT2D eigenvalue weighted by Gasteiger charge is -2.35. The molecule has 0 spiro atoms. The van der Waals surface area contributed by atoms with Crippen LogP contribution in [0.25, 0.3) is 0 Å². The highest BCUT2D eigenvalue weighted by Gasteiger charge is 2.37. The first-order valence-electron chi connectivity index (χ1n) is 7.93. The Morgan fingerprint density at radius 2 is 1.60 bits per heavy atom. The largest absolute Gasteiger partial charge is 0.328 e. The molecule has 1 saturated heterocycles. The quantitative estimate of drug-likeness (QED) is 0.875. The fourth-order valence-electron chi connectivity index (χ4n) is 3.60. The highest BCUT2D eigenvalue weighted by Crippen LogP contribution is 2.38. The number of urea groups is 1. The molecule has 2 amide bonds. The number of piperidine rings is 1. The van der Waals surface area contributed by atoms with E-state index in [0.717, 1.165) is 38.8 Å². The Bertz CT molecular complexity index is 445. The highest BCUT2D eigenvalue weighted by molar-refractivity contribution is 5.75. The van der Waals surface area contributed by atoms with Gasteiger partial charge in [0, 0.05) is 13.1 Å². The molecule has 1 heterocycles. The summed E-state index contributed by atoms with van der Waals surface area (Å²) in [5, 5.41) is 3.37. The third-order valence-corrected chi connectivity index (χ3v) is 4.77. The van der Waals surface area contributed by atoms with Crippen LogP contribution in [0.2, 0.25) is 0 Å². The molecule has 2 aliphatic rings. The highest BCUT2D eigenvalue weighted by atomic mass is 16.2. The molecule has 0 bridgehead atoms. The van der Waals surface area contributed by atoms with Gasteiger partial charge >= 0.3 is 6.03 Å². The maximum absolute atomic E-state index is 12.5. The summed E-state index contributed by atoms with van der Waals surface area (Å²) < 4.78 is 0. The number of rotatable bonds is 2. The van der Waals surface area contributed by atoms with Crippen LogP contribution in [0, 0.1) is 0 Å². The number of likely N-dealkylation sites (tertiary alicyclic amines) is 1. The molecule has 1 aromatic rings. The van der Waals surface area contributed by atoms with Crippen molar-refractivity contribution >= 4 is 6.03 Å². The minimum absolute atomic E-state index is 0.129. The van der Waals surface area contributed by atoms with Gasteiger partial charge in [0.25, 0.3) is 0 Å². The van der Waals surface area contributed by atoms with Gasteiger partial charge in [-0.05, 0) is 37.7 Å². The van der Waals surface area contributed by atoms with Crippen molar-refractivity contribution < 1.29 is 4.79 Å². The van der Waals surface area contributed by atoms with Gasteiger partial charge in [0.15, 0.2) is 0 Å². The number of benzene rings is 1. The molecule has 3 heteroatoms. The van der Waals surface area contributed by atoms with E-state index in [1.54, 1.807) is 0 Å². The van der Waals surface area contributed by atoms with Crippen molar-refractivity contribution in [1.82, 2.24) is 10.2 Å². The van der Waals surface area contributed by atoms with Crippen LogP contribution in [-0.4, -0.2) is 24.0 Å². The molecule has 2 fully saturated rings. The molecule has 1 N–H and O–H groups in total. The molecule has 0 atom stereocenters. The summed E-state index contributed by atoms with van der Waals surface area (Å²) in [6.07, 6.45) is 8.09. The second-order valence-electron chi connectivity index (χ2n) is 6.13. The Kier molecular flexibility index (Phi) is 3.95. The number of carbonyl (C=O) groups excluding carboxylic acids is 1. The second-order valence-corrected chi connectivity index (χ2v) is 6.13. The van der Waals surface area contributed by atoms with Gasteiger partial charge in [0.05, 0.1) is 5.54 Å². The zero-order chi connectivity index (χ0) is 13.8. The van der Waals surface area contributed by atoms with E-state index in [1.165, 1.54) is 24.8 Å². The van der Waals surface area contributed by atoms with Gasteiger partial charge < -0.3 is 10.2 Å². The molecular weight excluding hydrogens is 248 g/mol. The van der Waals surface area contributed by atoms with Crippen LogP contribution < -0.4 is 5.32 Å². The summed E-state index contributed by atoms with van der Waals surface area (Å²) in [5.41, 5.74) is 1.14. The minimum atomic E-state index is -0.129. The summed E-state index contributed by atoms with van der Waals surface area (Å²) >= 11 is 0. The summed E-state index contributed by atoms with van der Waals surface area (Å²) in [5.74, 6) is 0. The van der Waals surface area contributed by atoms with Gasteiger partial charge in [-0.15, -0.1) is 0 Å². The molecule has 0 radical (unpaired) electrons. The molecule has 0 unspecified atom stereocenters. The molecular formula is C17H24N2O. The Morgan fingerprint density at radius 3 is 2.25 bits per heavy atom. The van der Waals surface area contributed by atoms with Crippen LogP contribution in [0.3, 0.4) is 0 Å². The molecule has 1 aromatic carbocycles. The van der Waals surface area contributed by atoms with E-state index >= 15 is 0 Å². The Hall–Kier alpha value is -1.51. The summed E-state index contributed by atoms with van der Waals surface area (Å²) in [7, 11) is 0. The van der Waals surface area contributed by atoms with Crippen LogP contribution in [0.4, 0.5) is 4.79 Å². The molecule has 1 saturated carbocycles. The van der Waals surface area contributed by atoms with Crippen molar-refractivity contribution in [2.24, 2.45) is 0 Å². The number of hydrogen-bond acceptors (Lipinski definition) is 1. The smallest absolute Gasteiger partial charge is 0.318 e. The van der Waals surface area contributed by atoms with Gasteiger partial charge in [0.1, 0.15) is 0 Å². The average molecular weight is 272 g/mol. The first-order chi connectivity index (χ1) is 9.80. The maximum Gasteiger partial charge on any atom is 0.318 e. The predicted molar refractivity (Wildman–Crippen MR) is 80.5 cm³/mol. The number of amides is 2. The fraction of sp³-hybridized carbons (Fsp3) is 0.588. The fourth-order valence-corrected chi connectivity index (χ4v) is 3.60. The van der Waals surface area contributed by atoms with E-state index in [-0.39, 0.29) is 11.6 Å². The monoisotopic (exact) mass is 272 g/mol. The van der Waals surface area contributed by atoms with Gasteiger partial charge in [0.2, 0.25) is 0 Å². The van der Waals surface area contributed by atoms with Crippen LogP contribution in [0.15, 0.2) is 30.3 Å². The zero-order valence-electron chi connectivity index (χ0n) is 12.1. The molecule has 1 aliphatic carbocycles. The maximum atomic E-state index is 12.5. The molecule has 3 nitrogen and oxygen atoms in total. The van der Waals surface area contributed by atoms with Crippen LogP contribution in [0.5, 0.6) is 0 Å². The lowest BCUT2D eigenvalue weighted by molar-refractivity contribution is 0.171. The van der Waals surface area contributed by atoms with Gasteiger partial charge in [-0.1, -0.05) is 43.2 Å². The van der Waals surface area contributed by atoms with Gasteiger partial charge in [-0.3, -0.25) is 0 Å². The third-order valence-electron chi connectivity index (χ3n) is 4.77. The van der Waals surface area contributed by atoms with Crippen molar-refractivity contribution in [3.63, 3.8) is 0 Å². The SMILES string of the molecule is O=C(NC1(c2ccccc2)CCCC1)N1CCCCC1. The van der Waals surface area contributed by atoms with Crippen molar-refractivity contribution in [2.75, 3.05) is 13.1 Å². The van der Waals surface area contributed by atoms with E-state index in [0.29, 0.717) is 0 Å². The Balaban J connectivity index is 1.76. The van der Waals surface area contributed by atoms with Crippen LogP contribution >= 0.6 is 0 Å². The van der Waals surface area contributed by atoms with E-state index in [2.05, 4.69) is 29.6 Å². The van der Waals surface area contributed by atoms with E-state index in [1.807, 2.05) is 11.0 Å². The minimum Gasteiger partial charge on any atom is -0.328 e. The van der Waals surface area contributed by atoms with Crippen molar-refractivity contribution in [3.8, 4) is 0 Å². The van der Waals surface area contributed by atoms with Crippen molar-refractivity contribution in [2.45, 2.75) is 50.5 Å². The van der Waals surface area contributed by atoms with Crippen LogP contribution in [-0.2, 0) is 5.54 Å². The summed E-state index contributed by atoms with van der Waals surface area (Å²) in [4.78, 5) is 14.5. The first kappa shape index (κ1) is 13.5. The lowest BCUT2D eigenvalue weighted by Crippen LogP contribution is -2.51. The van der Waals surface area contributed by atoms with E-state index < -0.39 is 0 Å². The standard InChI is InChI=1S/C17H24N2O/c20-16(19-13-7-2-8-14-19)18-17(11-5-6-12-17)15-9-3-1-4-10-15/h1,3-4,9-10H,2,5-8,11-14H2,(H,18,20). The van der Waals surface area contributed by atoms with E-state index in [9.17, 15) is 4.79 Å². The van der Waals surface area contributed by atoms with Crippen molar-refractivity contribution in [3.05, 3.63) is 35.9 Å². The molecule has 108 valence electrons. The summed E-state index contributed by atoms with van der Waals surface area (Å²) in [6.45, 7) is 1.83. The second kappa shape index (κ2) is 5.86. The van der Waals surface area contributed by atoms with Gasteiger partial charge in [-0.25, -0.2) is 4.79 Å². The number of carbonyl (C=O) groups is 1. The Labute approximate surface area is 121 Å². The lowest BCUT2D eigenvalue weighted by atomic mass is 9.88. The third kappa shape index (κ3) is 2.67. The Morgan fingerprint density at radius 1 is 0.950 bits per heavy atom. The van der Waals surface area contributed by atoms with Gasteiger partial charge in [-0.2, -0.15) is 0 Å². The first-order valence-corrected chi connectivity index (χ1v) is 7.93. The molecule has 1 aliphatic heterocycles. The molecule has 3 rings (SSSR count). The average Bonchev–Trinajstić information content (AvgIpc) is 2.99. The number of hydrogen-bond donors (Lipinski definition) is 1. The normalized spacial score (nSPS) is 21.7. The van der Waals surface area contributed by atoms with E-state index in [4.69, 9.17) is 0 Å².